The lowest BCUT2D eigenvalue weighted by atomic mass is 10.0. The summed E-state index contributed by atoms with van der Waals surface area (Å²) in [6.45, 7) is 1.87. The van der Waals surface area contributed by atoms with Crippen molar-refractivity contribution in [3.63, 3.8) is 0 Å². The maximum atomic E-state index is 10.8. The number of aliphatic carboxylic acids is 1. The number of aryl methyl sites for hydroxylation is 1. The number of aromatic nitrogens is 1. The molecule has 2 rings (SSSR count). The first-order chi connectivity index (χ1) is 7.58. The van der Waals surface area contributed by atoms with Gasteiger partial charge in [0, 0.05) is 22.3 Å². The van der Waals surface area contributed by atoms with Crippen LogP contribution in [0.4, 0.5) is 0 Å². The molecule has 0 radical (unpaired) electrons. The number of carboxylic acid groups (broad SMARTS) is 1. The van der Waals surface area contributed by atoms with Gasteiger partial charge in [0.25, 0.3) is 0 Å². The fraction of sp³-hybridized carbons (Fsp3) is 0.167. The van der Waals surface area contributed by atoms with Crippen LogP contribution in [0.1, 0.15) is 11.3 Å². The van der Waals surface area contributed by atoms with Crippen LogP contribution >= 0.6 is 11.6 Å². The molecule has 3 nitrogen and oxygen atoms in total. The van der Waals surface area contributed by atoms with Gasteiger partial charge in [-0.05, 0) is 30.0 Å². The lowest BCUT2D eigenvalue weighted by Crippen LogP contribution is -2.02. The quantitative estimate of drug-likeness (QED) is 0.871. The van der Waals surface area contributed by atoms with Crippen LogP contribution in [-0.2, 0) is 11.2 Å². The molecule has 2 aromatic rings. The minimum atomic E-state index is -0.885. The number of pyridine rings is 1. The summed E-state index contributed by atoms with van der Waals surface area (Å²) in [7, 11) is 0. The Morgan fingerprint density at radius 1 is 1.50 bits per heavy atom. The Morgan fingerprint density at radius 2 is 2.25 bits per heavy atom. The summed E-state index contributed by atoms with van der Waals surface area (Å²) >= 11 is 6.02. The predicted molar refractivity (Wildman–Crippen MR) is 62.8 cm³/mol. The second-order valence-corrected chi connectivity index (χ2v) is 4.05. The highest BCUT2D eigenvalue weighted by Crippen LogP contribution is 2.26. The lowest BCUT2D eigenvalue weighted by Gasteiger charge is -2.07. The summed E-state index contributed by atoms with van der Waals surface area (Å²) in [5.74, 6) is -0.885. The van der Waals surface area contributed by atoms with Gasteiger partial charge in [-0.1, -0.05) is 17.7 Å². The summed E-state index contributed by atoms with van der Waals surface area (Å²) in [6, 6.07) is 5.41. The molecule has 0 aliphatic carbocycles. The molecule has 0 unspecified atom stereocenters. The van der Waals surface area contributed by atoms with Crippen molar-refractivity contribution in [3.05, 3.63) is 40.7 Å². The van der Waals surface area contributed by atoms with Crippen LogP contribution in [-0.4, -0.2) is 16.1 Å². The van der Waals surface area contributed by atoms with E-state index in [1.807, 2.05) is 19.1 Å². The minimum absolute atomic E-state index is 0.0698. The number of hydrogen-bond donors (Lipinski definition) is 1. The van der Waals surface area contributed by atoms with Crippen molar-refractivity contribution in [3.8, 4) is 0 Å². The Hall–Kier alpha value is -1.61. The van der Waals surface area contributed by atoms with Gasteiger partial charge in [0.05, 0.1) is 6.42 Å². The number of halogens is 1. The molecular weight excluding hydrogens is 226 g/mol. The van der Waals surface area contributed by atoms with E-state index in [1.54, 1.807) is 12.3 Å². The number of rotatable bonds is 2. The number of carboxylic acids is 1. The highest BCUT2D eigenvalue weighted by atomic mass is 35.5. The summed E-state index contributed by atoms with van der Waals surface area (Å²) in [5, 5.41) is 11.1. The standard InChI is InChI=1S/C12H10ClNO2/c1-7-4-9-8(6-14-7)2-3-11(13)10(9)5-12(15)16/h2-4,6H,5H2,1H3,(H,15,16). The molecule has 1 aromatic carbocycles. The van der Waals surface area contributed by atoms with E-state index in [0.717, 1.165) is 16.5 Å². The van der Waals surface area contributed by atoms with Crippen LogP contribution in [0.5, 0.6) is 0 Å². The van der Waals surface area contributed by atoms with Crippen LogP contribution in [0.15, 0.2) is 24.4 Å². The topological polar surface area (TPSA) is 50.2 Å². The van der Waals surface area contributed by atoms with Gasteiger partial charge < -0.3 is 5.11 Å². The Kier molecular flexibility index (Phi) is 2.79. The highest BCUT2D eigenvalue weighted by Gasteiger charge is 2.10. The lowest BCUT2D eigenvalue weighted by molar-refractivity contribution is -0.136. The monoisotopic (exact) mass is 235 g/mol. The normalized spacial score (nSPS) is 10.6. The number of fused-ring (bicyclic) bond motifs is 1. The largest absolute Gasteiger partial charge is 0.481 e. The van der Waals surface area contributed by atoms with E-state index in [-0.39, 0.29) is 6.42 Å². The third-order valence-electron chi connectivity index (χ3n) is 2.42. The Balaban J connectivity index is 2.72. The van der Waals surface area contributed by atoms with Crippen LogP contribution in [0, 0.1) is 6.92 Å². The zero-order valence-electron chi connectivity index (χ0n) is 8.70. The van der Waals surface area contributed by atoms with Crippen LogP contribution in [0.2, 0.25) is 5.02 Å². The molecule has 1 heterocycles. The maximum absolute atomic E-state index is 10.8. The predicted octanol–water partition coefficient (Wildman–Crippen LogP) is 2.82. The highest BCUT2D eigenvalue weighted by molar-refractivity contribution is 6.32. The van der Waals surface area contributed by atoms with Gasteiger partial charge in [0.2, 0.25) is 0 Å². The zero-order valence-corrected chi connectivity index (χ0v) is 9.45. The first kappa shape index (κ1) is 10.9. The smallest absolute Gasteiger partial charge is 0.307 e. The molecule has 0 saturated carbocycles. The van der Waals surface area contributed by atoms with E-state index < -0.39 is 5.97 Å². The fourth-order valence-corrected chi connectivity index (χ4v) is 1.92. The van der Waals surface area contributed by atoms with E-state index in [2.05, 4.69) is 4.98 Å². The SMILES string of the molecule is Cc1cc2c(CC(=O)O)c(Cl)ccc2cn1. The van der Waals surface area contributed by atoms with E-state index in [0.29, 0.717) is 10.6 Å². The molecule has 0 fully saturated rings. The van der Waals surface area contributed by atoms with Gasteiger partial charge in [-0.2, -0.15) is 0 Å². The Bertz CT molecular complexity index is 561. The molecule has 1 aromatic heterocycles. The van der Waals surface area contributed by atoms with Crippen molar-refractivity contribution >= 4 is 28.3 Å². The van der Waals surface area contributed by atoms with E-state index in [4.69, 9.17) is 16.7 Å². The third kappa shape index (κ3) is 1.99. The Morgan fingerprint density at radius 3 is 2.94 bits per heavy atom. The molecule has 0 aliphatic rings. The van der Waals surface area contributed by atoms with Crippen molar-refractivity contribution in [2.24, 2.45) is 0 Å². The van der Waals surface area contributed by atoms with Crippen LogP contribution in [0.25, 0.3) is 10.8 Å². The summed E-state index contributed by atoms with van der Waals surface area (Å²) in [6.07, 6.45) is 1.66. The van der Waals surface area contributed by atoms with E-state index in [1.165, 1.54) is 0 Å². The number of benzene rings is 1. The molecule has 16 heavy (non-hydrogen) atoms. The van der Waals surface area contributed by atoms with Crippen LogP contribution < -0.4 is 0 Å². The average Bonchev–Trinajstić information content (AvgIpc) is 2.22. The summed E-state index contributed by atoms with van der Waals surface area (Å²) in [5.41, 5.74) is 1.50. The number of hydrogen-bond acceptors (Lipinski definition) is 2. The van der Waals surface area contributed by atoms with Gasteiger partial charge in [0.15, 0.2) is 0 Å². The summed E-state index contributed by atoms with van der Waals surface area (Å²) in [4.78, 5) is 14.9. The molecule has 0 atom stereocenters. The first-order valence-corrected chi connectivity index (χ1v) is 5.21. The molecule has 0 bridgehead atoms. The third-order valence-corrected chi connectivity index (χ3v) is 2.78. The molecule has 0 spiro atoms. The molecule has 0 amide bonds. The van der Waals surface area contributed by atoms with Crippen molar-refractivity contribution in [1.82, 2.24) is 4.98 Å². The van der Waals surface area contributed by atoms with Crippen molar-refractivity contribution in [2.45, 2.75) is 13.3 Å². The van der Waals surface area contributed by atoms with Crippen LogP contribution in [0.3, 0.4) is 0 Å². The van der Waals surface area contributed by atoms with Crippen molar-refractivity contribution in [1.29, 1.82) is 0 Å². The Labute approximate surface area is 97.7 Å². The van der Waals surface area contributed by atoms with E-state index >= 15 is 0 Å². The van der Waals surface area contributed by atoms with Gasteiger partial charge >= 0.3 is 5.97 Å². The zero-order chi connectivity index (χ0) is 11.7. The molecule has 4 heteroatoms. The van der Waals surface area contributed by atoms with Gasteiger partial charge in [-0.3, -0.25) is 9.78 Å². The number of carbonyl (C=O) groups is 1. The fourth-order valence-electron chi connectivity index (χ4n) is 1.69. The molecular formula is C12H10ClNO2. The van der Waals surface area contributed by atoms with Crippen molar-refractivity contribution in [2.75, 3.05) is 0 Å². The molecule has 0 saturated heterocycles. The van der Waals surface area contributed by atoms with Gasteiger partial charge in [0.1, 0.15) is 0 Å². The van der Waals surface area contributed by atoms with E-state index in [9.17, 15) is 4.79 Å². The van der Waals surface area contributed by atoms with Gasteiger partial charge in [-0.25, -0.2) is 0 Å². The number of nitrogens with zero attached hydrogens (tertiary/aromatic N) is 1. The maximum Gasteiger partial charge on any atom is 0.307 e. The second-order valence-electron chi connectivity index (χ2n) is 3.64. The molecule has 1 N–H and O–H groups in total. The van der Waals surface area contributed by atoms with Gasteiger partial charge in [-0.15, -0.1) is 0 Å². The average molecular weight is 236 g/mol. The minimum Gasteiger partial charge on any atom is -0.481 e. The van der Waals surface area contributed by atoms with Crippen molar-refractivity contribution < 1.29 is 9.90 Å². The summed E-state index contributed by atoms with van der Waals surface area (Å²) < 4.78 is 0. The second kappa shape index (κ2) is 4.10. The molecule has 82 valence electrons. The molecule has 0 aliphatic heterocycles. The first-order valence-electron chi connectivity index (χ1n) is 4.83.